The molecule has 0 saturated heterocycles. The summed E-state index contributed by atoms with van der Waals surface area (Å²) in [5, 5.41) is 3.82. The van der Waals surface area contributed by atoms with Gasteiger partial charge in [0, 0.05) is 11.1 Å². The predicted octanol–water partition coefficient (Wildman–Crippen LogP) is 4.84. The maximum atomic E-state index is 13.1. The number of esters is 1. The fraction of sp³-hybridized carbons (Fsp3) is 0.346. The van der Waals surface area contributed by atoms with Crippen molar-refractivity contribution in [2.75, 3.05) is 0 Å². The lowest BCUT2D eigenvalue weighted by Crippen LogP contribution is -2.39. The summed E-state index contributed by atoms with van der Waals surface area (Å²) in [5.41, 5.74) is 5.35. The normalized spacial score (nSPS) is 16.4. The highest BCUT2D eigenvalue weighted by Crippen LogP contribution is 2.30. The van der Waals surface area contributed by atoms with Crippen LogP contribution in [0.1, 0.15) is 65.5 Å². The van der Waals surface area contributed by atoms with Crippen LogP contribution >= 0.6 is 0 Å². The molecule has 0 saturated carbocycles. The number of hydrogen-bond acceptors (Lipinski definition) is 4. The summed E-state index contributed by atoms with van der Waals surface area (Å²) in [6, 6.07) is 15.7. The minimum absolute atomic E-state index is 0.0474. The summed E-state index contributed by atoms with van der Waals surface area (Å²) >= 11 is 0. The Morgan fingerprint density at radius 2 is 1.90 bits per heavy atom. The number of hydrogen-bond donors (Lipinski definition) is 1. The molecule has 0 unspecified atom stereocenters. The van der Waals surface area contributed by atoms with Gasteiger partial charge >= 0.3 is 5.97 Å². The van der Waals surface area contributed by atoms with Gasteiger partial charge in [0.15, 0.2) is 6.10 Å². The second kappa shape index (κ2) is 8.88. The predicted molar refractivity (Wildman–Crippen MR) is 121 cm³/mol. The van der Waals surface area contributed by atoms with Crippen molar-refractivity contribution in [1.82, 2.24) is 10.3 Å². The third-order valence-corrected chi connectivity index (χ3v) is 6.11. The maximum Gasteiger partial charge on any atom is 0.339 e. The highest BCUT2D eigenvalue weighted by Gasteiger charge is 2.27. The van der Waals surface area contributed by atoms with Crippen molar-refractivity contribution in [2.45, 2.75) is 58.6 Å². The minimum Gasteiger partial charge on any atom is -0.449 e. The number of rotatable bonds is 5. The van der Waals surface area contributed by atoms with E-state index in [4.69, 9.17) is 4.74 Å². The molecule has 5 nitrogen and oxygen atoms in total. The fourth-order valence-corrected chi connectivity index (χ4v) is 4.43. The van der Waals surface area contributed by atoms with E-state index in [1.165, 1.54) is 5.56 Å². The molecule has 3 aromatic rings. The largest absolute Gasteiger partial charge is 0.449 e. The molecule has 1 heterocycles. The SMILES string of the molecule is CCc1nc2ccccc2c(C(=O)O[C@H](C)C(=O)N[C@H]2CCCc3ccccc32)c1C. The number of aryl methyl sites for hydroxylation is 2. The van der Waals surface area contributed by atoms with Gasteiger partial charge in [0.2, 0.25) is 0 Å². The number of nitrogens with one attached hydrogen (secondary N) is 1. The van der Waals surface area contributed by atoms with Crippen molar-refractivity contribution in [3.8, 4) is 0 Å². The first-order valence-electron chi connectivity index (χ1n) is 11.0. The lowest BCUT2D eigenvalue weighted by Gasteiger charge is -2.27. The van der Waals surface area contributed by atoms with Crippen LogP contribution in [0, 0.1) is 6.92 Å². The molecule has 2 aromatic carbocycles. The average Bonchev–Trinajstić information content (AvgIpc) is 2.78. The zero-order chi connectivity index (χ0) is 22.0. The molecular weight excluding hydrogens is 388 g/mol. The zero-order valence-electron chi connectivity index (χ0n) is 18.3. The van der Waals surface area contributed by atoms with Crippen molar-refractivity contribution >= 4 is 22.8 Å². The highest BCUT2D eigenvalue weighted by atomic mass is 16.5. The Morgan fingerprint density at radius 3 is 2.71 bits per heavy atom. The Balaban J connectivity index is 1.53. The van der Waals surface area contributed by atoms with E-state index in [1.807, 2.05) is 50.2 Å². The molecule has 1 N–H and O–H groups in total. The fourth-order valence-electron chi connectivity index (χ4n) is 4.43. The van der Waals surface area contributed by atoms with Gasteiger partial charge in [-0.25, -0.2) is 4.79 Å². The van der Waals surface area contributed by atoms with Crippen LogP contribution in [-0.4, -0.2) is 23.0 Å². The molecule has 1 aromatic heterocycles. The number of aromatic nitrogens is 1. The molecule has 0 fully saturated rings. The summed E-state index contributed by atoms with van der Waals surface area (Å²) in [7, 11) is 0. The molecule has 0 radical (unpaired) electrons. The van der Waals surface area contributed by atoms with Gasteiger partial charge in [0.05, 0.1) is 17.1 Å². The Hall–Kier alpha value is -3.21. The van der Waals surface area contributed by atoms with Crippen LogP contribution in [0.3, 0.4) is 0 Å². The third-order valence-electron chi connectivity index (χ3n) is 6.11. The van der Waals surface area contributed by atoms with Crippen molar-refractivity contribution in [2.24, 2.45) is 0 Å². The Morgan fingerprint density at radius 1 is 1.16 bits per heavy atom. The van der Waals surface area contributed by atoms with Crippen LogP contribution in [0.25, 0.3) is 10.9 Å². The van der Waals surface area contributed by atoms with Crippen LogP contribution in [0.2, 0.25) is 0 Å². The molecular formula is C26H28N2O3. The summed E-state index contributed by atoms with van der Waals surface area (Å²) in [5.74, 6) is -0.765. The first-order valence-corrected chi connectivity index (χ1v) is 11.0. The van der Waals surface area contributed by atoms with Gasteiger partial charge < -0.3 is 10.1 Å². The van der Waals surface area contributed by atoms with E-state index in [-0.39, 0.29) is 11.9 Å². The molecule has 1 amide bonds. The van der Waals surface area contributed by atoms with E-state index < -0.39 is 12.1 Å². The van der Waals surface area contributed by atoms with E-state index in [0.29, 0.717) is 12.0 Å². The lowest BCUT2D eigenvalue weighted by molar-refractivity contribution is -0.130. The standard InChI is InChI=1S/C26H28N2O3/c1-4-21-16(2)24(20-13-7-8-14-23(20)27-21)26(30)31-17(3)25(29)28-22-15-9-11-18-10-5-6-12-19(18)22/h5-8,10,12-14,17,22H,4,9,11,15H2,1-3H3,(H,28,29)/t17-,22+/m1/s1. The number of ether oxygens (including phenoxy) is 1. The number of fused-ring (bicyclic) bond motifs is 2. The first-order chi connectivity index (χ1) is 15.0. The molecule has 1 aliphatic carbocycles. The molecule has 160 valence electrons. The number of benzene rings is 2. The Kier molecular flexibility index (Phi) is 6.03. The number of para-hydroxylation sites is 1. The summed E-state index contributed by atoms with van der Waals surface area (Å²) in [6.45, 7) is 5.53. The summed E-state index contributed by atoms with van der Waals surface area (Å²) < 4.78 is 5.64. The van der Waals surface area contributed by atoms with Gasteiger partial charge in [-0.2, -0.15) is 0 Å². The van der Waals surface area contributed by atoms with Crippen LogP contribution in [-0.2, 0) is 22.4 Å². The van der Waals surface area contributed by atoms with Gasteiger partial charge in [-0.3, -0.25) is 9.78 Å². The number of carbonyl (C=O) groups excluding carboxylic acids is 2. The molecule has 5 heteroatoms. The molecule has 1 aliphatic rings. The summed E-state index contributed by atoms with van der Waals surface area (Å²) in [6.07, 6.45) is 2.77. The van der Waals surface area contributed by atoms with Gasteiger partial charge in [0.1, 0.15) is 0 Å². The smallest absolute Gasteiger partial charge is 0.339 e. The quantitative estimate of drug-likeness (QED) is 0.604. The van der Waals surface area contributed by atoms with E-state index in [2.05, 4.69) is 22.4 Å². The first kappa shape index (κ1) is 21.0. The van der Waals surface area contributed by atoms with Crippen molar-refractivity contribution < 1.29 is 14.3 Å². The van der Waals surface area contributed by atoms with E-state index >= 15 is 0 Å². The third kappa shape index (κ3) is 4.18. The number of amides is 1. The maximum absolute atomic E-state index is 13.1. The van der Waals surface area contributed by atoms with Crippen molar-refractivity contribution in [1.29, 1.82) is 0 Å². The average molecular weight is 417 g/mol. The Bertz CT molecular complexity index is 1140. The topological polar surface area (TPSA) is 68.3 Å². The number of pyridine rings is 1. The van der Waals surface area contributed by atoms with Crippen molar-refractivity contribution in [3.05, 3.63) is 76.5 Å². The van der Waals surface area contributed by atoms with E-state index in [9.17, 15) is 9.59 Å². The second-order valence-corrected chi connectivity index (χ2v) is 8.13. The van der Waals surface area contributed by atoms with Gasteiger partial charge in [-0.1, -0.05) is 49.4 Å². The molecule has 2 atom stereocenters. The van der Waals surface area contributed by atoms with E-state index in [0.717, 1.165) is 47.0 Å². The lowest BCUT2D eigenvalue weighted by atomic mass is 9.87. The molecule has 0 bridgehead atoms. The molecule has 4 rings (SSSR count). The van der Waals surface area contributed by atoms with Crippen molar-refractivity contribution in [3.63, 3.8) is 0 Å². The molecule has 0 aliphatic heterocycles. The van der Waals surface area contributed by atoms with Gasteiger partial charge in [-0.15, -0.1) is 0 Å². The highest BCUT2D eigenvalue weighted by molar-refractivity contribution is 6.05. The van der Waals surface area contributed by atoms with Crippen LogP contribution in [0.15, 0.2) is 48.5 Å². The second-order valence-electron chi connectivity index (χ2n) is 8.13. The van der Waals surface area contributed by atoms with Crippen LogP contribution in [0.4, 0.5) is 0 Å². The molecule has 31 heavy (non-hydrogen) atoms. The Labute approximate surface area is 182 Å². The minimum atomic E-state index is -0.891. The summed E-state index contributed by atoms with van der Waals surface area (Å²) in [4.78, 5) is 30.6. The monoisotopic (exact) mass is 416 g/mol. The molecule has 0 spiro atoms. The number of nitrogens with zero attached hydrogens (tertiary/aromatic N) is 1. The van der Waals surface area contributed by atoms with Crippen LogP contribution < -0.4 is 5.32 Å². The van der Waals surface area contributed by atoms with Crippen LogP contribution in [0.5, 0.6) is 0 Å². The van der Waals surface area contributed by atoms with Gasteiger partial charge in [0.25, 0.3) is 5.91 Å². The van der Waals surface area contributed by atoms with E-state index in [1.54, 1.807) is 6.92 Å². The van der Waals surface area contributed by atoms with Gasteiger partial charge in [-0.05, 0) is 62.3 Å². The zero-order valence-corrected chi connectivity index (χ0v) is 18.3. The number of carbonyl (C=O) groups is 2.